The van der Waals surface area contributed by atoms with Crippen LogP contribution in [0.25, 0.3) is 11.1 Å². The number of fused-ring (bicyclic) bond motifs is 3. The Morgan fingerprint density at radius 3 is 2.78 bits per heavy atom. The Labute approximate surface area is 192 Å². The molecule has 170 valence electrons. The second-order valence-corrected chi connectivity index (χ2v) is 10.2. The van der Waals surface area contributed by atoms with Gasteiger partial charge in [0.1, 0.15) is 11.2 Å². The van der Waals surface area contributed by atoms with Crippen molar-refractivity contribution in [2.75, 3.05) is 0 Å². The molecule has 1 fully saturated rings. The number of thiophene rings is 1. The minimum atomic E-state index is -0.918. The molecule has 1 N–H and O–H groups in total. The Morgan fingerprint density at radius 2 is 2.06 bits per heavy atom. The van der Waals surface area contributed by atoms with E-state index in [-0.39, 0.29) is 17.9 Å². The lowest BCUT2D eigenvalue weighted by Gasteiger charge is -2.46. The number of furan rings is 1. The summed E-state index contributed by atoms with van der Waals surface area (Å²) < 4.78 is 7.59. The fraction of sp³-hybridized carbons (Fsp3) is 0.520. The van der Waals surface area contributed by atoms with Gasteiger partial charge in [0, 0.05) is 23.1 Å². The molecule has 2 aliphatic rings. The summed E-state index contributed by atoms with van der Waals surface area (Å²) in [5.41, 5.74) is 1.26. The topological polar surface area (TPSA) is 67.5 Å². The van der Waals surface area contributed by atoms with Crippen molar-refractivity contribution in [1.82, 2.24) is 14.8 Å². The van der Waals surface area contributed by atoms with Crippen LogP contribution in [0.15, 0.2) is 40.3 Å². The lowest BCUT2D eigenvalue weighted by molar-refractivity contribution is -0.135. The maximum absolute atomic E-state index is 14.0. The first kappa shape index (κ1) is 21.3. The number of carbonyl (C=O) groups excluding carboxylic acids is 2. The average molecular weight is 454 g/mol. The highest BCUT2D eigenvalue weighted by Gasteiger charge is 2.51. The monoisotopic (exact) mass is 453 g/mol. The molecule has 1 aliphatic heterocycles. The third-order valence-electron chi connectivity index (χ3n) is 7.09. The molecule has 7 heteroatoms. The number of nitrogens with one attached hydrogen (secondary N) is 1. The molecule has 1 saturated carbocycles. The van der Waals surface area contributed by atoms with Crippen molar-refractivity contribution in [2.45, 2.75) is 83.0 Å². The van der Waals surface area contributed by atoms with E-state index < -0.39 is 5.54 Å². The van der Waals surface area contributed by atoms with Gasteiger partial charge in [-0.25, -0.2) is 0 Å². The van der Waals surface area contributed by atoms with Gasteiger partial charge in [-0.05, 0) is 30.7 Å². The Hall–Kier alpha value is -2.54. The van der Waals surface area contributed by atoms with Gasteiger partial charge < -0.3 is 19.2 Å². The summed E-state index contributed by atoms with van der Waals surface area (Å²) in [5, 5.41) is 5.40. The minimum Gasteiger partial charge on any atom is -0.463 e. The standard InChI is InChI=1S/C25H31N3O3S/c1-2-12-25(24(30)26-18-8-5-3-4-6-9-18)17-27-20-11-13-31-22(20)15-21(27)23(29)28(25)16-19-10-7-14-32-19/h7,10-11,13-15,18H,2-6,8-9,12,16-17H2,1H3,(H,26,30). The number of amides is 2. The van der Waals surface area contributed by atoms with Crippen molar-refractivity contribution in [3.8, 4) is 0 Å². The highest BCUT2D eigenvalue weighted by molar-refractivity contribution is 7.09. The number of hydrogen-bond donors (Lipinski definition) is 1. The van der Waals surface area contributed by atoms with Gasteiger partial charge in [0.25, 0.3) is 5.91 Å². The van der Waals surface area contributed by atoms with Crippen LogP contribution in [0.4, 0.5) is 0 Å². The zero-order valence-electron chi connectivity index (χ0n) is 18.6. The van der Waals surface area contributed by atoms with Gasteiger partial charge in [-0.1, -0.05) is 45.1 Å². The first-order valence-corrected chi connectivity index (χ1v) is 12.7. The van der Waals surface area contributed by atoms with E-state index in [1.165, 1.54) is 12.8 Å². The predicted molar refractivity (Wildman–Crippen MR) is 126 cm³/mol. The van der Waals surface area contributed by atoms with Crippen LogP contribution >= 0.6 is 11.3 Å². The molecule has 0 bridgehead atoms. The van der Waals surface area contributed by atoms with Gasteiger partial charge in [-0.15, -0.1) is 11.3 Å². The highest BCUT2D eigenvalue weighted by atomic mass is 32.1. The minimum absolute atomic E-state index is 0.00727. The summed E-state index contributed by atoms with van der Waals surface area (Å²) in [7, 11) is 0. The van der Waals surface area contributed by atoms with Crippen LogP contribution in [-0.4, -0.2) is 32.9 Å². The molecule has 32 heavy (non-hydrogen) atoms. The molecule has 0 saturated heterocycles. The van der Waals surface area contributed by atoms with E-state index in [0.29, 0.717) is 30.8 Å². The Balaban J connectivity index is 1.56. The smallest absolute Gasteiger partial charge is 0.271 e. The lowest BCUT2D eigenvalue weighted by Crippen LogP contribution is -2.66. The Morgan fingerprint density at radius 1 is 1.25 bits per heavy atom. The fourth-order valence-corrected chi connectivity index (χ4v) is 6.16. The zero-order chi connectivity index (χ0) is 22.1. The van der Waals surface area contributed by atoms with Crippen molar-refractivity contribution in [1.29, 1.82) is 0 Å². The van der Waals surface area contributed by atoms with Gasteiger partial charge in [-0.2, -0.15) is 0 Å². The quantitative estimate of drug-likeness (QED) is 0.513. The van der Waals surface area contributed by atoms with Crippen molar-refractivity contribution >= 4 is 34.3 Å². The zero-order valence-corrected chi connectivity index (χ0v) is 19.5. The molecule has 3 aromatic rings. The number of carbonyl (C=O) groups is 2. The summed E-state index contributed by atoms with van der Waals surface area (Å²) in [6, 6.07) is 7.94. The first-order valence-electron chi connectivity index (χ1n) is 11.8. The number of hydrogen-bond acceptors (Lipinski definition) is 4. The number of nitrogens with zero attached hydrogens (tertiary/aromatic N) is 2. The van der Waals surface area contributed by atoms with Crippen molar-refractivity contribution in [2.24, 2.45) is 0 Å². The number of rotatable bonds is 6. The summed E-state index contributed by atoms with van der Waals surface area (Å²) >= 11 is 1.62. The Kier molecular flexibility index (Phi) is 5.84. The summed E-state index contributed by atoms with van der Waals surface area (Å²) in [6.45, 7) is 2.99. The normalized spacial score (nSPS) is 22.2. The number of aromatic nitrogens is 1. The molecule has 3 aromatic heterocycles. The molecule has 0 aromatic carbocycles. The van der Waals surface area contributed by atoms with Crippen LogP contribution in [0.3, 0.4) is 0 Å². The molecule has 6 nitrogen and oxygen atoms in total. The van der Waals surface area contributed by atoms with Crippen LogP contribution in [-0.2, 0) is 17.9 Å². The van der Waals surface area contributed by atoms with E-state index in [2.05, 4.69) is 12.2 Å². The molecule has 1 aliphatic carbocycles. The second-order valence-electron chi connectivity index (χ2n) is 9.20. The maximum Gasteiger partial charge on any atom is 0.271 e. The molecule has 1 atom stereocenters. The van der Waals surface area contributed by atoms with E-state index >= 15 is 0 Å². The molecule has 4 heterocycles. The van der Waals surface area contributed by atoms with Crippen molar-refractivity contribution < 1.29 is 14.0 Å². The predicted octanol–water partition coefficient (Wildman–Crippen LogP) is 5.33. The van der Waals surface area contributed by atoms with Crippen LogP contribution < -0.4 is 5.32 Å². The summed E-state index contributed by atoms with van der Waals surface area (Å²) in [5.74, 6) is -0.104. The van der Waals surface area contributed by atoms with Crippen LogP contribution in [0, 0.1) is 0 Å². The Bertz CT molecular complexity index is 1090. The third-order valence-corrected chi connectivity index (χ3v) is 7.96. The molecule has 0 spiro atoms. The van der Waals surface area contributed by atoms with Gasteiger partial charge in [0.15, 0.2) is 5.58 Å². The summed E-state index contributed by atoms with van der Waals surface area (Å²) in [6.07, 6.45) is 9.91. The largest absolute Gasteiger partial charge is 0.463 e. The molecule has 2 amide bonds. The molecule has 1 unspecified atom stereocenters. The molecule has 5 rings (SSSR count). The van der Waals surface area contributed by atoms with Gasteiger partial charge in [0.2, 0.25) is 5.91 Å². The molecular weight excluding hydrogens is 422 g/mol. The van der Waals surface area contributed by atoms with E-state index in [9.17, 15) is 9.59 Å². The van der Waals surface area contributed by atoms with Crippen LogP contribution in [0.5, 0.6) is 0 Å². The van der Waals surface area contributed by atoms with Gasteiger partial charge >= 0.3 is 0 Å². The fourth-order valence-electron chi connectivity index (χ4n) is 5.46. The van der Waals surface area contributed by atoms with E-state index in [1.807, 2.05) is 39.1 Å². The average Bonchev–Trinajstić information content (AvgIpc) is 3.48. The SMILES string of the molecule is CCCC1(C(=O)NC2CCCCCC2)Cn2c(cc3occc32)C(=O)N1Cc1cccs1. The molecule has 0 radical (unpaired) electrons. The van der Waals surface area contributed by atoms with Crippen molar-refractivity contribution in [3.05, 3.63) is 46.5 Å². The second kappa shape index (κ2) is 8.77. The van der Waals surface area contributed by atoms with E-state index in [0.717, 1.165) is 42.5 Å². The third kappa shape index (κ3) is 3.66. The summed E-state index contributed by atoms with van der Waals surface area (Å²) in [4.78, 5) is 30.8. The van der Waals surface area contributed by atoms with E-state index in [4.69, 9.17) is 4.42 Å². The van der Waals surface area contributed by atoms with Crippen LogP contribution in [0.1, 0.15) is 73.7 Å². The van der Waals surface area contributed by atoms with Crippen molar-refractivity contribution in [3.63, 3.8) is 0 Å². The lowest BCUT2D eigenvalue weighted by atomic mass is 9.86. The molecular formula is C25H31N3O3S. The van der Waals surface area contributed by atoms with E-state index in [1.54, 1.807) is 17.6 Å². The maximum atomic E-state index is 14.0. The first-order chi connectivity index (χ1) is 15.6. The van der Waals surface area contributed by atoms with Gasteiger partial charge in [0.05, 0.1) is 24.9 Å². The van der Waals surface area contributed by atoms with Gasteiger partial charge in [-0.3, -0.25) is 9.59 Å². The van der Waals surface area contributed by atoms with Crippen LogP contribution in [0.2, 0.25) is 0 Å². The highest BCUT2D eigenvalue weighted by Crippen LogP contribution is 2.37.